The molecule has 0 N–H and O–H groups in total. The third kappa shape index (κ3) is 15.2. The normalized spacial score (nSPS) is 13.7. The van der Waals surface area contributed by atoms with Crippen molar-refractivity contribution in [2.24, 2.45) is 0 Å². The number of hydrogen-bond acceptors (Lipinski definition) is 5. The Hall–Kier alpha value is -5.08. The maximum atomic E-state index is 18.2. The van der Waals surface area contributed by atoms with Crippen molar-refractivity contribution in [1.29, 1.82) is 0 Å². The fraction of sp³-hybridized carbons (Fsp3) is 0.488. The number of halogens is 2. The highest BCUT2D eigenvalue weighted by molar-refractivity contribution is 8.00. The molecule has 8 aromatic rings. The largest absolute Gasteiger partial charge is 0.203 e. The van der Waals surface area contributed by atoms with Crippen molar-refractivity contribution in [3.8, 4) is 66.8 Å². The Labute approximate surface area is 548 Å². The van der Waals surface area contributed by atoms with Crippen LogP contribution in [0.15, 0.2) is 131 Å². The molecule has 0 fully saturated rings. The maximum absolute atomic E-state index is 18.2. The summed E-state index contributed by atoms with van der Waals surface area (Å²) >= 11 is 4.87. The Bertz CT molecular complexity index is 3310. The van der Waals surface area contributed by atoms with Crippen molar-refractivity contribution in [3.63, 3.8) is 0 Å². The zero-order chi connectivity index (χ0) is 62.3. The summed E-state index contributed by atoms with van der Waals surface area (Å²) in [6, 6.07) is 45.6. The van der Waals surface area contributed by atoms with Crippen LogP contribution in [0, 0.1) is 11.6 Å². The summed E-state index contributed by atoms with van der Waals surface area (Å²) in [6.07, 6.45) is 33.2. The standard InChI is InChI=1S/C82H102F2N2S3/c1-9-13-17-21-25-29-49-81(50-30-26-22-18-14-10-2)71-53-61(59-33-41-65(42-34-59)87-57(5)6)37-45-67(71)69-47-39-63(55-73(69)81)75-77(83)78(84)76(80-79(75)85-89-86-80)64-40-48-70-68-46-38-62(60-35-43-66(44-36-60)88-58(7)8)54-72(68)82(74(70)56-64,51-31-27-23-19-15-11-3)52-32-28-24-20-16-12-4/h33-48,53-58H,9-32,49-52H2,1-8H3. The van der Waals surface area contributed by atoms with E-state index in [9.17, 15) is 0 Å². The average Bonchev–Trinajstić information content (AvgIpc) is 1.94. The molecular formula is C82H102F2N2S3. The summed E-state index contributed by atoms with van der Waals surface area (Å²) in [6.45, 7) is 18.2. The fourth-order valence-electron chi connectivity index (χ4n) is 15.3. The van der Waals surface area contributed by atoms with Gasteiger partial charge in [0.2, 0.25) is 0 Å². The number of fused-ring (bicyclic) bond motifs is 7. The molecule has 2 nitrogen and oxygen atoms in total. The molecule has 472 valence electrons. The van der Waals surface area contributed by atoms with E-state index in [0.29, 0.717) is 32.7 Å². The van der Waals surface area contributed by atoms with Crippen LogP contribution >= 0.6 is 35.3 Å². The number of nitrogens with zero attached hydrogens (tertiary/aromatic N) is 2. The van der Waals surface area contributed by atoms with Gasteiger partial charge in [0.1, 0.15) is 11.0 Å². The summed E-state index contributed by atoms with van der Waals surface area (Å²) in [5.41, 5.74) is 17.3. The molecule has 0 spiro atoms. The van der Waals surface area contributed by atoms with Gasteiger partial charge in [-0.3, -0.25) is 0 Å². The summed E-state index contributed by atoms with van der Waals surface area (Å²) in [5.74, 6) is -1.68. The zero-order valence-electron chi connectivity index (χ0n) is 55.4. The van der Waals surface area contributed by atoms with E-state index in [0.717, 1.165) is 63.1 Å². The molecule has 2 aliphatic rings. The minimum Gasteiger partial charge on any atom is -0.203 e. The molecule has 0 bridgehead atoms. The highest BCUT2D eigenvalue weighted by atomic mass is 32.2. The van der Waals surface area contributed by atoms with Gasteiger partial charge in [-0.1, -0.05) is 282 Å². The molecule has 0 radical (unpaired) electrons. The molecule has 10 rings (SSSR count). The van der Waals surface area contributed by atoms with Crippen LogP contribution in [0.2, 0.25) is 0 Å². The van der Waals surface area contributed by atoms with Gasteiger partial charge in [0.15, 0.2) is 11.6 Å². The van der Waals surface area contributed by atoms with Crippen LogP contribution in [0.4, 0.5) is 8.78 Å². The number of unbranched alkanes of at least 4 members (excludes halogenated alkanes) is 20. The van der Waals surface area contributed by atoms with E-state index in [-0.39, 0.29) is 22.0 Å². The number of hydrogen-bond donors (Lipinski definition) is 0. The van der Waals surface area contributed by atoms with Crippen LogP contribution in [0.1, 0.15) is 257 Å². The van der Waals surface area contributed by atoms with Crippen LogP contribution in [0.3, 0.4) is 0 Å². The molecular weight excluding hydrogens is 1150 g/mol. The Morgan fingerprint density at radius 1 is 0.337 bits per heavy atom. The fourth-order valence-corrected chi connectivity index (χ4v) is 17.5. The smallest absolute Gasteiger partial charge is 0.169 e. The van der Waals surface area contributed by atoms with E-state index in [4.69, 9.17) is 8.75 Å². The van der Waals surface area contributed by atoms with Crippen LogP contribution < -0.4 is 0 Å². The lowest BCUT2D eigenvalue weighted by Gasteiger charge is -2.33. The van der Waals surface area contributed by atoms with Crippen molar-refractivity contribution in [3.05, 3.63) is 155 Å². The topological polar surface area (TPSA) is 25.8 Å². The second kappa shape index (κ2) is 32.0. The molecule has 1 aromatic heterocycles. The van der Waals surface area contributed by atoms with Crippen LogP contribution in [-0.2, 0) is 10.8 Å². The first-order valence-electron chi connectivity index (χ1n) is 35.2. The Kier molecular flexibility index (Phi) is 24.0. The molecule has 0 saturated heterocycles. The van der Waals surface area contributed by atoms with Crippen molar-refractivity contribution >= 4 is 46.3 Å². The van der Waals surface area contributed by atoms with Gasteiger partial charge in [0, 0.05) is 42.2 Å². The number of rotatable bonds is 36. The van der Waals surface area contributed by atoms with Crippen LogP contribution in [-0.4, -0.2) is 19.2 Å². The molecule has 0 saturated carbocycles. The van der Waals surface area contributed by atoms with Crippen molar-refractivity contribution in [1.82, 2.24) is 8.75 Å². The first-order chi connectivity index (χ1) is 43.4. The van der Waals surface area contributed by atoms with E-state index >= 15 is 8.78 Å². The van der Waals surface area contributed by atoms with Gasteiger partial charge in [-0.25, -0.2) is 8.78 Å². The van der Waals surface area contributed by atoms with Gasteiger partial charge in [0.25, 0.3) is 0 Å². The molecule has 0 aliphatic heterocycles. The SMILES string of the molecule is CCCCCCCCC1(CCCCCCCC)c2cc(-c3ccc(SC(C)C)cc3)ccc2-c2ccc(-c3c(F)c(F)c(-c4ccc5c(c4)C(CCCCCCCC)(CCCCCCCC)c4cc(-c6ccc(SC(C)C)cc6)ccc4-5)c4nsnc34)cc21. The van der Waals surface area contributed by atoms with Crippen molar-refractivity contribution in [2.45, 2.75) is 266 Å². The second-order valence-electron chi connectivity index (χ2n) is 27.0. The average molecular weight is 1250 g/mol. The lowest BCUT2D eigenvalue weighted by molar-refractivity contribution is 0.398. The molecule has 0 amide bonds. The Morgan fingerprint density at radius 2 is 0.596 bits per heavy atom. The van der Waals surface area contributed by atoms with Gasteiger partial charge in [-0.15, -0.1) is 23.5 Å². The third-order valence-electron chi connectivity index (χ3n) is 19.8. The van der Waals surface area contributed by atoms with Crippen LogP contribution in [0.5, 0.6) is 0 Å². The van der Waals surface area contributed by atoms with Crippen molar-refractivity contribution < 1.29 is 8.78 Å². The lowest BCUT2D eigenvalue weighted by atomic mass is 9.69. The Morgan fingerprint density at radius 3 is 0.888 bits per heavy atom. The predicted molar refractivity (Wildman–Crippen MR) is 385 cm³/mol. The second-order valence-corrected chi connectivity index (χ2v) is 30.8. The van der Waals surface area contributed by atoms with Gasteiger partial charge in [0.05, 0.1) is 11.7 Å². The molecule has 1 heterocycles. The highest BCUT2D eigenvalue weighted by Crippen LogP contribution is 2.59. The van der Waals surface area contributed by atoms with E-state index in [1.165, 1.54) is 205 Å². The molecule has 7 heteroatoms. The number of thioether (sulfide) groups is 2. The summed E-state index contributed by atoms with van der Waals surface area (Å²) < 4.78 is 46.2. The minimum atomic E-state index is -0.842. The molecule has 0 atom stereocenters. The van der Waals surface area contributed by atoms with E-state index < -0.39 is 11.6 Å². The van der Waals surface area contributed by atoms with Gasteiger partial charge >= 0.3 is 0 Å². The van der Waals surface area contributed by atoms with Crippen LogP contribution in [0.25, 0.3) is 77.8 Å². The Balaban J connectivity index is 1.07. The monoisotopic (exact) mass is 1250 g/mol. The maximum Gasteiger partial charge on any atom is 0.169 e. The number of aromatic nitrogens is 2. The minimum absolute atomic E-state index is 0.222. The summed E-state index contributed by atoms with van der Waals surface area (Å²) in [7, 11) is 0. The van der Waals surface area contributed by atoms with Gasteiger partial charge in [-0.2, -0.15) is 8.75 Å². The van der Waals surface area contributed by atoms with E-state index in [1.807, 2.05) is 35.7 Å². The van der Waals surface area contributed by atoms with Gasteiger partial charge < -0.3 is 0 Å². The van der Waals surface area contributed by atoms with E-state index in [1.54, 1.807) is 0 Å². The first-order valence-corrected chi connectivity index (χ1v) is 37.7. The molecule has 89 heavy (non-hydrogen) atoms. The highest BCUT2D eigenvalue weighted by Gasteiger charge is 2.45. The van der Waals surface area contributed by atoms with E-state index in [2.05, 4.69) is 165 Å². The predicted octanol–water partition coefficient (Wildman–Crippen LogP) is 27.2. The molecule has 0 unspecified atom stereocenters. The first kappa shape index (κ1) is 66.8. The van der Waals surface area contributed by atoms with Gasteiger partial charge in [-0.05, 0) is 152 Å². The molecule has 7 aromatic carbocycles. The van der Waals surface area contributed by atoms with Crippen molar-refractivity contribution in [2.75, 3.05) is 0 Å². The quantitative estimate of drug-likeness (QED) is 0.0289. The molecule has 2 aliphatic carbocycles. The third-order valence-corrected chi connectivity index (χ3v) is 22.4. The zero-order valence-corrected chi connectivity index (χ0v) is 57.8. The summed E-state index contributed by atoms with van der Waals surface area (Å²) in [4.78, 5) is 2.58. The number of benzene rings is 7. The summed E-state index contributed by atoms with van der Waals surface area (Å²) in [5, 5.41) is 1.03. The lowest BCUT2D eigenvalue weighted by Crippen LogP contribution is -2.26.